The van der Waals surface area contributed by atoms with Gasteiger partial charge in [0.15, 0.2) is 6.10 Å². The molecule has 0 unspecified atom stereocenters. The first-order chi connectivity index (χ1) is 8.19. The molecule has 0 spiro atoms. The van der Waals surface area contributed by atoms with Crippen LogP contribution >= 0.6 is 0 Å². The van der Waals surface area contributed by atoms with Crippen LogP contribution in [0.4, 0.5) is 0 Å². The van der Waals surface area contributed by atoms with Crippen LogP contribution in [0.25, 0.3) is 0 Å². The molecule has 17 heavy (non-hydrogen) atoms. The molecule has 1 aromatic rings. The highest BCUT2D eigenvalue weighted by Gasteiger charge is 2.19. The van der Waals surface area contributed by atoms with Crippen molar-refractivity contribution in [3.63, 3.8) is 0 Å². The van der Waals surface area contributed by atoms with Gasteiger partial charge in [0.1, 0.15) is 5.75 Å². The van der Waals surface area contributed by atoms with Crippen molar-refractivity contribution in [2.24, 2.45) is 0 Å². The summed E-state index contributed by atoms with van der Waals surface area (Å²) in [4.78, 5) is 11.0. The summed E-state index contributed by atoms with van der Waals surface area (Å²) in [5.74, 6) is -0.247. The van der Waals surface area contributed by atoms with Crippen LogP contribution < -0.4 is 4.74 Å². The van der Waals surface area contributed by atoms with Crippen molar-refractivity contribution >= 4 is 5.97 Å². The third kappa shape index (κ3) is 4.07. The fourth-order valence-corrected chi connectivity index (χ4v) is 1.55. The third-order valence-electron chi connectivity index (χ3n) is 2.40. The summed E-state index contributed by atoms with van der Waals surface area (Å²) in [6.07, 6.45) is 0.306. The van der Waals surface area contributed by atoms with Gasteiger partial charge < -0.3 is 14.6 Å². The van der Waals surface area contributed by atoms with E-state index >= 15 is 0 Å². The first-order valence-electron chi connectivity index (χ1n) is 5.65. The Morgan fingerprint density at radius 3 is 2.71 bits per heavy atom. The third-order valence-corrected chi connectivity index (χ3v) is 2.40. The normalized spacial score (nSPS) is 12.1. The molecule has 1 atom stereocenters. The van der Waals surface area contributed by atoms with Crippen LogP contribution in [0.2, 0.25) is 0 Å². The fourth-order valence-electron chi connectivity index (χ4n) is 1.55. The number of rotatable bonds is 7. The Morgan fingerprint density at radius 1 is 1.41 bits per heavy atom. The van der Waals surface area contributed by atoms with E-state index in [1.54, 1.807) is 7.11 Å². The molecule has 1 rings (SSSR count). The number of ether oxygens (including phenoxy) is 2. The Labute approximate surface area is 101 Å². The minimum atomic E-state index is -0.940. The first kappa shape index (κ1) is 13.5. The minimum absolute atomic E-state index is 0.319. The van der Waals surface area contributed by atoms with Crippen LogP contribution in [-0.2, 0) is 16.0 Å². The van der Waals surface area contributed by atoms with Crippen molar-refractivity contribution < 1.29 is 19.4 Å². The molecule has 0 saturated heterocycles. The summed E-state index contributed by atoms with van der Waals surface area (Å²) in [5, 5.41) is 9.06. The topological polar surface area (TPSA) is 55.8 Å². The molecule has 0 saturated carbocycles. The molecule has 0 aromatic heterocycles. The monoisotopic (exact) mass is 238 g/mol. The van der Waals surface area contributed by atoms with Crippen LogP contribution in [0.1, 0.15) is 18.9 Å². The Morgan fingerprint density at radius 2 is 2.12 bits per heavy atom. The second kappa shape index (κ2) is 6.91. The van der Waals surface area contributed by atoms with Gasteiger partial charge in [-0.25, -0.2) is 4.79 Å². The Kier molecular flexibility index (Phi) is 5.49. The SMILES string of the molecule is CCCO[C@@H](Cc1ccccc1OC)C(=O)O. The molecule has 4 heteroatoms. The molecular weight excluding hydrogens is 220 g/mol. The lowest BCUT2D eigenvalue weighted by atomic mass is 10.1. The van der Waals surface area contributed by atoms with Gasteiger partial charge in [0.25, 0.3) is 0 Å². The quantitative estimate of drug-likeness (QED) is 0.790. The summed E-state index contributed by atoms with van der Waals surface area (Å²) in [5.41, 5.74) is 0.846. The van der Waals surface area contributed by atoms with E-state index in [-0.39, 0.29) is 0 Å². The number of carbonyl (C=O) groups is 1. The van der Waals surface area contributed by atoms with E-state index in [0.29, 0.717) is 18.8 Å². The predicted octanol–water partition coefficient (Wildman–Crippen LogP) is 2.12. The van der Waals surface area contributed by atoms with Gasteiger partial charge in [-0.15, -0.1) is 0 Å². The summed E-state index contributed by atoms with van der Waals surface area (Å²) >= 11 is 0. The number of methoxy groups -OCH3 is 1. The molecule has 0 fully saturated rings. The summed E-state index contributed by atoms with van der Waals surface area (Å²) in [6, 6.07) is 7.37. The number of carboxylic acid groups (broad SMARTS) is 1. The van der Waals surface area contributed by atoms with Crippen LogP contribution in [0.15, 0.2) is 24.3 Å². The highest BCUT2D eigenvalue weighted by atomic mass is 16.5. The summed E-state index contributed by atoms with van der Waals surface area (Å²) in [6.45, 7) is 2.40. The van der Waals surface area contributed by atoms with Gasteiger partial charge in [-0.05, 0) is 18.1 Å². The molecule has 4 nitrogen and oxygen atoms in total. The molecular formula is C13H18O4. The second-order valence-corrected chi connectivity index (χ2v) is 3.71. The van der Waals surface area contributed by atoms with Crippen molar-refractivity contribution in [2.75, 3.05) is 13.7 Å². The maximum Gasteiger partial charge on any atom is 0.333 e. The lowest BCUT2D eigenvalue weighted by Crippen LogP contribution is -2.26. The van der Waals surface area contributed by atoms with Gasteiger partial charge in [0, 0.05) is 13.0 Å². The van der Waals surface area contributed by atoms with E-state index in [2.05, 4.69) is 0 Å². The number of carboxylic acids is 1. The maximum absolute atomic E-state index is 11.0. The zero-order valence-corrected chi connectivity index (χ0v) is 10.2. The van der Waals surface area contributed by atoms with Gasteiger partial charge in [-0.2, -0.15) is 0 Å². The smallest absolute Gasteiger partial charge is 0.333 e. The van der Waals surface area contributed by atoms with E-state index in [1.807, 2.05) is 31.2 Å². The number of aliphatic carboxylic acids is 1. The van der Waals surface area contributed by atoms with Gasteiger partial charge in [0.2, 0.25) is 0 Å². The fraction of sp³-hybridized carbons (Fsp3) is 0.462. The molecule has 1 N–H and O–H groups in total. The van der Waals surface area contributed by atoms with Crippen LogP contribution in [0, 0.1) is 0 Å². The number of para-hydroxylation sites is 1. The predicted molar refractivity (Wildman–Crippen MR) is 64.4 cm³/mol. The average Bonchev–Trinajstić information content (AvgIpc) is 2.34. The lowest BCUT2D eigenvalue weighted by molar-refractivity contribution is -0.150. The summed E-state index contributed by atoms with van der Waals surface area (Å²) in [7, 11) is 1.57. The van der Waals surface area contributed by atoms with Gasteiger partial charge in [-0.1, -0.05) is 25.1 Å². The zero-order valence-electron chi connectivity index (χ0n) is 10.2. The zero-order chi connectivity index (χ0) is 12.7. The largest absolute Gasteiger partial charge is 0.496 e. The molecule has 0 aliphatic carbocycles. The number of hydrogen-bond donors (Lipinski definition) is 1. The number of benzene rings is 1. The molecule has 1 aromatic carbocycles. The van der Waals surface area contributed by atoms with Crippen LogP contribution in [0.5, 0.6) is 5.75 Å². The number of hydrogen-bond acceptors (Lipinski definition) is 3. The maximum atomic E-state index is 11.0. The van der Waals surface area contributed by atoms with E-state index in [9.17, 15) is 4.79 Å². The molecule has 0 bridgehead atoms. The molecule has 0 radical (unpaired) electrons. The Bertz CT molecular complexity index is 362. The van der Waals surface area contributed by atoms with E-state index < -0.39 is 12.1 Å². The Balaban J connectivity index is 2.74. The first-order valence-corrected chi connectivity index (χ1v) is 5.65. The average molecular weight is 238 g/mol. The standard InChI is InChI=1S/C13H18O4/c1-3-8-17-12(13(14)15)9-10-6-4-5-7-11(10)16-2/h4-7,12H,3,8-9H2,1-2H3,(H,14,15)/t12-/m0/s1. The lowest BCUT2D eigenvalue weighted by Gasteiger charge is -2.15. The highest BCUT2D eigenvalue weighted by molar-refractivity contribution is 5.73. The molecule has 94 valence electrons. The van der Waals surface area contributed by atoms with Gasteiger partial charge in [0.05, 0.1) is 7.11 Å². The van der Waals surface area contributed by atoms with Crippen LogP contribution in [0.3, 0.4) is 0 Å². The molecule has 0 aliphatic rings. The van der Waals surface area contributed by atoms with Gasteiger partial charge in [-0.3, -0.25) is 0 Å². The van der Waals surface area contributed by atoms with Gasteiger partial charge >= 0.3 is 5.97 Å². The van der Waals surface area contributed by atoms with Crippen molar-refractivity contribution in [2.45, 2.75) is 25.9 Å². The van der Waals surface area contributed by atoms with Crippen molar-refractivity contribution in [1.29, 1.82) is 0 Å². The Hall–Kier alpha value is -1.55. The van der Waals surface area contributed by atoms with E-state index in [0.717, 1.165) is 12.0 Å². The van der Waals surface area contributed by atoms with E-state index in [1.165, 1.54) is 0 Å². The summed E-state index contributed by atoms with van der Waals surface area (Å²) < 4.78 is 10.5. The van der Waals surface area contributed by atoms with E-state index in [4.69, 9.17) is 14.6 Å². The van der Waals surface area contributed by atoms with Crippen molar-refractivity contribution in [3.05, 3.63) is 29.8 Å². The van der Waals surface area contributed by atoms with Crippen molar-refractivity contribution in [3.8, 4) is 5.75 Å². The van der Waals surface area contributed by atoms with Crippen LogP contribution in [-0.4, -0.2) is 30.9 Å². The molecule has 0 heterocycles. The minimum Gasteiger partial charge on any atom is -0.496 e. The van der Waals surface area contributed by atoms with Crippen molar-refractivity contribution in [1.82, 2.24) is 0 Å². The highest BCUT2D eigenvalue weighted by Crippen LogP contribution is 2.19. The molecule has 0 amide bonds. The second-order valence-electron chi connectivity index (χ2n) is 3.71. The molecule has 0 aliphatic heterocycles.